The maximum Gasteiger partial charge on any atom is 0.231 e. The van der Waals surface area contributed by atoms with Gasteiger partial charge in [-0.1, -0.05) is 19.1 Å². The van der Waals surface area contributed by atoms with Crippen molar-refractivity contribution in [1.82, 2.24) is 5.32 Å². The van der Waals surface area contributed by atoms with E-state index in [1.807, 2.05) is 31.2 Å². The van der Waals surface area contributed by atoms with Gasteiger partial charge < -0.3 is 10.6 Å². The number of amides is 1. The fourth-order valence-corrected chi connectivity index (χ4v) is 2.61. The second-order valence-electron chi connectivity index (χ2n) is 5.24. The molecule has 1 atom stereocenters. The molecule has 3 heteroatoms. The molecule has 1 amide bonds. The topological polar surface area (TPSA) is 41.1 Å². The minimum Gasteiger partial charge on any atom is -0.326 e. The van der Waals surface area contributed by atoms with Gasteiger partial charge in [0.2, 0.25) is 5.91 Å². The van der Waals surface area contributed by atoms with E-state index in [9.17, 15) is 4.79 Å². The first-order valence-corrected chi connectivity index (χ1v) is 6.75. The number of nitrogens with one attached hydrogen (secondary N) is 2. The number of aryl methyl sites for hydroxylation is 1. The maximum atomic E-state index is 12.5. The SMILES string of the molecule is CCC1(C(=O)Nc2cccc(C)c2)CCCNC1. The van der Waals surface area contributed by atoms with Crippen LogP contribution in [0.25, 0.3) is 0 Å². The number of hydrogen-bond donors (Lipinski definition) is 2. The molecule has 98 valence electrons. The molecule has 18 heavy (non-hydrogen) atoms. The minimum atomic E-state index is -0.234. The third kappa shape index (κ3) is 2.72. The average Bonchev–Trinajstić information content (AvgIpc) is 2.39. The van der Waals surface area contributed by atoms with Gasteiger partial charge in [-0.05, 0) is 50.4 Å². The predicted octanol–water partition coefficient (Wildman–Crippen LogP) is 2.71. The summed E-state index contributed by atoms with van der Waals surface area (Å²) in [4.78, 5) is 12.5. The fourth-order valence-electron chi connectivity index (χ4n) is 2.61. The molecule has 1 aromatic carbocycles. The Morgan fingerprint density at radius 3 is 2.94 bits per heavy atom. The molecule has 0 saturated carbocycles. The van der Waals surface area contributed by atoms with Gasteiger partial charge in [-0.15, -0.1) is 0 Å². The summed E-state index contributed by atoms with van der Waals surface area (Å²) in [6.07, 6.45) is 2.95. The van der Waals surface area contributed by atoms with Crippen molar-refractivity contribution in [1.29, 1.82) is 0 Å². The Bertz CT molecular complexity index is 422. The van der Waals surface area contributed by atoms with Crippen LogP contribution in [0.15, 0.2) is 24.3 Å². The number of rotatable bonds is 3. The first-order chi connectivity index (χ1) is 8.66. The van der Waals surface area contributed by atoms with E-state index in [4.69, 9.17) is 0 Å². The summed E-state index contributed by atoms with van der Waals surface area (Å²) in [5.74, 6) is 0.155. The molecule has 0 bridgehead atoms. The fraction of sp³-hybridized carbons (Fsp3) is 0.533. The molecule has 2 N–H and O–H groups in total. The highest BCUT2D eigenvalue weighted by Gasteiger charge is 2.37. The summed E-state index contributed by atoms with van der Waals surface area (Å²) in [7, 11) is 0. The Balaban J connectivity index is 2.10. The number of carbonyl (C=O) groups excluding carboxylic acids is 1. The molecule has 0 aromatic heterocycles. The lowest BCUT2D eigenvalue weighted by Crippen LogP contribution is -2.47. The molecular weight excluding hydrogens is 224 g/mol. The van der Waals surface area contributed by atoms with Crippen molar-refractivity contribution < 1.29 is 4.79 Å². The van der Waals surface area contributed by atoms with Gasteiger partial charge in [0.1, 0.15) is 0 Å². The lowest BCUT2D eigenvalue weighted by atomic mass is 9.77. The maximum absolute atomic E-state index is 12.5. The van der Waals surface area contributed by atoms with E-state index < -0.39 is 0 Å². The van der Waals surface area contributed by atoms with Crippen LogP contribution < -0.4 is 10.6 Å². The second-order valence-corrected chi connectivity index (χ2v) is 5.24. The number of anilines is 1. The van der Waals surface area contributed by atoms with Crippen molar-refractivity contribution in [2.24, 2.45) is 5.41 Å². The molecular formula is C15H22N2O. The van der Waals surface area contributed by atoms with Crippen LogP contribution in [0.4, 0.5) is 5.69 Å². The molecule has 1 fully saturated rings. The quantitative estimate of drug-likeness (QED) is 0.861. The van der Waals surface area contributed by atoms with Crippen molar-refractivity contribution in [3.05, 3.63) is 29.8 Å². The van der Waals surface area contributed by atoms with Crippen molar-refractivity contribution in [3.63, 3.8) is 0 Å². The summed E-state index contributed by atoms with van der Waals surface area (Å²) in [6.45, 7) is 5.96. The molecule has 1 aliphatic rings. The van der Waals surface area contributed by atoms with E-state index >= 15 is 0 Å². The van der Waals surface area contributed by atoms with Crippen molar-refractivity contribution in [2.45, 2.75) is 33.1 Å². The molecule has 1 heterocycles. The summed E-state index contributed by atoms with van der Waals surface area (Å²) >= 11 is 0. The molecule has 3 nitrogen and oxygen atoms in total. The van der Waals surface area contributed by atoms with E-state index in [0.717, 1.165) is 38.0 Å². The molecule has 0 aliphatic carbocycles. The van der Waals surface area contributed by atoms with Gasteiger partial charge in [0.05, 0.1) is 5.41 Å². The third-order valence-electron chi connectivity index (χ3n) is 3.91. The van der Waals surface area contributed by atoms with Crippen molar-refractivity contribution in [3.8, 4) is 0 Å². The van der Waals surface area contributed by atoms with Crippen LogP contribution in [0.5, 0.6) is 0 Å². The highest BCUT2D eigenvalue weighted by molar-refractivity contribution is 5.95. The van der Waals surface area contributed by atoms with Crippen molar-refractivity contribution in [2.75, 3.05) is 18.4 Å². The molecule has 1 saturated heterocycles. The number of benzene rings is 1. The Morgan fingerprint density at radius 2 is 2.33 bits per heavy atom. The third-order valence-corrected chi connectivity index (χ3v) is 3.91. The monoisotopic (exact) mass is 246 g/mol. The van der Waals surface area contributed by atoms with Crippen LogP contribution in [0, 0.1) is 12.3 Å². The van der Waals surface area contributed by atoms with Crippen LogP contribution in [0.1, 0.15) is 31.7 Å². The first-order valence-electron chi connectivity index (χ1n) is 6.75. The van der Waals surface area contributed by atoms with Gasteiger partial charge in [-0.3, -0.25) is 4.79 Å². The Labute approximate surface area is 109 Å². The van der Waals surface area contributed by atoms with Crippen molar-refractivity contribution >= 4 is 11.6 Å². The summed E-state index contributed by atoms with van der Waals surface area (Å²) in [5.41, 5.74) is 1.83. The van der Waals surface area contributed by atoms with E-state index in [0.29, 0.717) is 0 Å². The molecule has 1 aliphatic heterocycles. The van der Waals surface area contributed by atoms with Gasteiger partial charge >= 0.3 is 0 Å². The lowest BCUT2D eigenvalue weighted by Gasteiger charge is -2.35. The smallest absolute Gasteiger partial charge is 0.231 e. The van der Waals surface area contributed by atoms with Gasteiger partial charge in [0.15, 0.2) is 0 Å². The van der Waals surface area contributed by atoms with Gasteiger partial charge in [-0.2, -0.15) is 0 Å². The normalized spacial score (nSPS) is 23.7. The van der Waals surface area contributed by atoms with Crippen LogP contribution >= 0.6 is 0 Å². The number of hydrogen-bond acceptors (Lipinski definition) is 2. The number of piperidine rings is 1. The first kappa shape index (κ1) is 13.1. The van der Waals surface area contributed by atoms with Crippen LogP contribution in [0.2, 0.25) is 0 Å². The Kier molecular flexibility index (Phi) is 4.02. The molecule has 0 radical (unpaired) electrons. The van der Waals surface area contributed by atoms with Crippen LogP contribution in [0.3, 0.4) is 0 Å². The van der Waals surface area contributed by atoms with E-state index in [1.54, 1.807) is 0 Å². The average molecular weight is 246 g/mol. The largest absolute Gasteiger partial charge is 0.326 e. The van der Waals surface area contributed by atoms with E-state index in [1.165, 1.54) is 5.56 Å². The summed E-state index contributed by atoms with van der Waals surface area (Å²) < 4.78 is 0. The summed E-state index contributed by atoms with van der Waals surface area (Å²) in [6, 6.07) is 7.97. The highest BCUT2D eigenvalue weighted by atomic mass is 16.2. The molecule has 1 aromatic rings. The van der Waals surface area contributed by atoms with Gasteiger partial charge in [0, 0.05) is 12.2 Å². The highest BCUT2D eigenvalue weighted by Crippen LogP contribution is 2.31. The lowest BCUT2D eigenvalue weighted by molar-refractivity contribution is -0.126. The van der Waals surface area contributed by atoms with Gasteiger partial charge in [0.25, 0.3) is 0 Å². The standard InChI is InChI=1S/C15H22N2O/c1-3-15(8-5-9-16-11-15)14(18)17-13-7-4-6-12(2)10-13/h4,6-7,10,16H,3,5,8-9,11H2,1-2H3,(H,17,18). The molecule has 1 unspecified atom stereocenters. The zero-order chi connectivity index (χ0) is 13.0. The Hall–Kier alpha value is -1.35. The predicted molar refractivity (Wildman–Crippen MR) is 74.6 cm³/mol. The number of carbonyl (C=O) groups is 1. The summed E-state index contributed by atoms with van der Waals surface area (Å²) in [5, 5.41) is 6.41. The van der Waals surface area contributed by atoms with Gasteiger partial charge in [-0.25, -0.2) is 0 Å². The van der Waals surface area contributed by atoms with E-state index in [-0.39, 0.29) is 11.3 Å². The molecule has 0 spiro atoms. The second kappa shape index (κ2) is 5.53. The minimum absolute atomic E-state index is 0.155. The molecule has 2 rings (SSSR count). The zero-order valence-corrected chi connectivity index (χ0v) is 11.3. The van der Waals surface area contributed by atoms with Crippen LogP contribution in [-0.2, 0) is 4.79 Å². The van der Waals surface area contributed by atoms with Crippen LogP contribution in [-0.4, -0.2) is 19.0 Å². The Morgan fingerprint density at radius 1 is 1.50 bits per heavy atom. The zero-order valence-electron chi connectivity index (χ0n) is 11.3. The van der Waals surface area contributed by atoms with E-state index in [2.05, 4.69) is 17.6 Å².